The zero-order valence-corrected chi connectivity index (χ0v) is 24.7. The molecule has 2 aliphatic rings. The van der Waals surface area contributed by atoms with Crippen molar-refractivity contribution in [1.82, 2.24) is 0 Å². The van der Waals surface area contributed by atoms with Crippen LogP contribution in [-0.2, 0) is 20.9 Å². The van der Waals surface area contributed by atoms with E-state index in [2.05, 4.69) is 10.6 Å². The molecule has 2 heterocycles. The smallest absolute Gasteiger partial charge is 0.251 e. The van der Waals surface area contributed by atoms with Crippen LogP contribution < -0.4 is 25.0 Å². The number of methoxy groups -OCH3 is 1. The number of carbonyl (C=O) groups is 1. The molecule has 3 aromatic carbocycles. The largest absolute Gasteiger partial charge is 0.496 e. The first kappa shape index (κ1) is 28.7. The molecule has 9 heteroatoms. The Morgan fingerprint density at radius 1 is 1.07 bits per heavy atom. The number of likely N-dealkylation sites (N-methyl/N-ethyl adjacent to an activating group) is 1. The van der Waals surface area contributed by atoms with Crippen LogP contribution in [0, 0.1) is 12.7 Å². The number of rotatable bonds is 8. The Balaban J connectivity index is 1.52. The molecule has 0 saturated carbocycles. The lowest BCUT2D eigenvalue weighted by Gasteiger charge is -2.39. The number of halogens is 1. The third kappa shape index (κ3) is 5.83. The van der Waals surface area contributed by atoms with Gasteiger partial charge >= 0.3 is 0 Å². The fraction of sp³-hybridized carbons (Fsp3) is 0.406. The Morgan fingerprint density at radius 2 is 1.83 bits per heavy atom. The summed E-state index contributed by atoms with van der Waals surface area (Å²) in [5.74, 6) is 0.0683. The summed E-state index contributed by atoms with van der Waals surface area (Å²) in [6.07, 6.45) is -0.0591. The van der Waals surface area contributed by atoms with Gasteiger partial charge in [0, 0.05) is 42.5 Å². The van der Waals surface area contributed by atoms with Gasteiger partial charge in [0.05, 0.1) is 25.1 Å². The van der Waals surface area contributed by atoms with E-state index in [4.69, 9.17) is 18.9 Å². The highest BCUT2D eigenvalue weighted by Gasteiger charge is 2.39. The quantitative estimate of drug-likeness (QED) is 0.342. The van der Waals surface area contributed by atoms with E-state index in [1.54, 1.807) is 25.1 Å². The van der Waals surface area contributed by atoms with E-state index in [1.165, 1.54) is 12.1 Å². The first-order valence-electron chi connectivity index (χ1n) is 13.7. The van der Waals surface area contributed by atoms with Crippen LogP contribution >= 0.6 is 0 Å². The number of fused-ring (bicyclic) bond motifs is 1. The molecule has 0 unspecified atom stereocenters. The SMILES string of the molecule is COc1cc(NC[C@H]2COC(C)(C)O2)ccc1-c1ccc2c(c1COc1cc(F)ccc1C)N(C)C(=O)C(C)(C)N2. The van der Waals surface area contributed by atoms with E-state index in [0.717, 1.165) is 33.6 Å². The average molecular weight is 564 g/mol. The Labute approximate surface area is 240 Å². The lowest BCUT2D eigenvalue weighted by Crippen LogP contribution is -2.52. The van der Waals surface area contributed by atoms with Crippen molar-refractivity contribution < 1.29 is 28.1 Å². The summed E-state index contributed by atoms with van der Waals surface area (Å²) in [5.41, 5.74) is 4.91. The summed E-state index contributed by atoms with van der Waals surface area (Å²) in [6.45, 7) is 10.6. The average Bonchev–Trinajstić information content (AvgIpc) is 3.29. The molecular formula is C32H38FN3O5. The molecule has 41 heavy (non-hydrogen) atoms. The van der Waals surface area contributed by atoms with Crippen LogP contribution in [0.15, 0.2) is 48.5 Å². The van der Waals surface area contributed by atoms with Crippen LogP contribution in [0.1, 0.15) is 38.8 Å². The molecule has 8 nitrogen and oxygen atoms in total. The van der Waals surface area contributed by atoms with Crippen molar-refractivity contribution >= 4 is 23.0 Å². The normalized spacial score (nSPS) is 19.0. The summed E-state index contributed by atoms with van der Waals surface area (Å²) >= 11 is 0. The van der Waals surface area contributed by atoms with E-state index < -0.39 is 11.3 Å². The summed E-state index contributed by atoms with van der Waals surface area (Å²) < 4.78 is 37.7. The standard InChI is InChI=1S/C32H38FN3O5/c1-19-8-9-20(33)14-27(19)39-18-25-23(12-13-26-29(25)36(6)30(37)31(2,3)35-26)24-11-10-21(15-28(24)38-7)34-16-22-17-40-32(4,5)41-22/h8-15,22,34-35H,16-18H2,1-7H3/t22-/m0/s1. The maximum absolute atomic E-state index is 14.0. The summed E-state index contributed by atoms with van der Waals surface area (Å²) in [6, 6.07) is 14.3. The van der Waals surface area contributed by atoms with E-state index in [-0.39, 0.29) is 24.4 Å². The van der Waals surface area contributed by atoms with Gasteiger partial charge in [0.15, 0.2) is 5.79 Å². The number of aryl methyl sites for hydroxylation is 1. The van der Waals surface area contributed by atoms with Crippen molar-refractivity contribution in [3.63, 3.8) is 0 Å². The third-order valence-electron chi connectivity index (χ3n) is 7.52. The Bertz CT molecular complexity index is 1470. The number of anilines is 3. The molecule has 0 spiro atoms. The maximum Gasteiger partial charge on any atom is 0.251 e. The summed E-state index contributed by atoms with van der Waals surface area (Å²) in [4.78, 5) is 15.0. The van der Waals surface area contributed by atoms with Gasteiger partial charge < -0.3 is 34.5 Å². The van der Waals surface area contributed by atoms with Gasteiger partial charge in [-0.1, -0.05) is 12.1 Å². The molecule has 0 aliphatic carbocycles. The lowest BCUT2D eigenvalue weighted by atomic mass is 9.91. The van der Waals surface area contributed by atoms with E-state index in [1.807, 2.05) is 65.0 Å². The molecule has 2 N–H and O–H groups in total. The highest BCUT2D eigenvalue weighted by Crippen LogP contribution is 2.45. The first-order chi connectivity index (χ1) is 19.4. The second kappa shape index (κ2) is 10.9. The summed E-state index contributed by atoms with van der Waals surface area (Å²) in [5, 5.41) is 6.79. The van der Waals surface area contributed by atoms with Gasteiger partial charge in [-0.3, -0.25) is 4.79 Å². The Morgan fingerprint density at radius 3 is 2.54 bits per heavy atom. The van der Waals surface area contributed by atoms with Crippen LogP contribution in [0.2, 0.25) is 0 Å². The fourth-order valence-electron chi connectivity index (χ4n) is 5.43. The first-order valence-corrected chi connectivity index (χ1v) is 13.7. The molecule has 0 radical (unpaired) electrons. The van der Waals surface area contributed by atoms with Gasteiger partial charge in [-0.2, -0.15) is 0 Å². The number of carbonyl (C=O) groups excluding carboxylic acids is 1. The minimum atomic E-state index is -0.769. The molecule has 0 aromatic heterocycles. The number of benzene rings is 3. The van der Waals surface area contributed by atoms with E-state index >= 15 is 0 Å². The minimum Gasteiger partial charge on any atom is -0.496 e. The molecule has 5 rings (SSSR count). The molecule has 2 aliphatic heterocycles. The van der Waals surface area contributed by atoms with Crippen LogP contribution in [-0.4, -0.2) is 50.6 Å². The third-order valence-corrected chi connectivity index (χ3v) is 7.52. The predicted octanol–water partition coefficient (Wildman–Crippen LogP) is 6.12. The van der Waals surface area contributed by atoms with Gasteiger partial charge in [-0.25, -0.2) is 4.39 Å². The Hall–Kier alpha value is -3.82. The number of nitrogens with zero attached hydrogens (tertiary/aromatic N) is 1. The van der Waals surface area contributed by atoms with Gasteiger partial charge in [-0.15, -0.1) is 0 Å². The molecule has 3 aromatic rings. The second-order valence-corrected chi connectivity index (χ2v) is 11.5. The van der Waals surface area contributed by atoms with Crippen LogP contribution in [0.3, 0.4) is 0 Å². The second-order valence-electron chi connectivity index (χ2n) is 11.5. The molecule has 218 valence electrons. The fourth-order valence-corrected chi connectivity index (χ4v) is 5.43. The van der Waals surface area contributed by atoms with E-state index in [9.17, 15) is 9.18 Å². The highest BCUT2D eigenvalue weighted by atomic mass is 19.1. The number of hydrogen-bond acceptors (Lipinski definition) is 7. The van der Waals surface area contributed by atoms with Gasteiger partial charge in [0.2, 0.25) is 0 Å². The number of amides is 1. The van der Waals surface area contributed by atoms with Crippen molar-refractivity contribution in [2.75, 3.05) is 42.8 Å². The van der Waals surface area contributed by atoms with Crippen molar-refractivity contribution in [2.24, 2.45) is 0 Å². The van der Waals surface area contributed by atoms with Gasteiger partial charge in [0.25, 0.3) is 5.91 Å². The van der Waals surface area contributed by atoms with Crippen LogP contribution in [0.4, 0.5) is 21.5 Å². The number of nitrogens with one attached hydrogen (secondary N) is 2. The minimum absolute atomic E-state index is 0.0591. The molecule has 0 bridgehead atoms. The molecule has 1 saturated heterocycles. The highest BCUT2D eigenvalue weighted by molar-refractivity contribution is 6.08. The van der Waals surface area contributed by atoms with Crippen molar-refractivity contribution in [3.8, 4) is 22.6 Å². The monoisotopic (exact) mass is 563 g/mol. The van der Waals surface area contributed by atoms with Crippen molar-refractivity contribution in [3.05, 3.63) is 65.5 Å². The topological polar surface area (TPSA) is 81.3 Å². The Kier molecular flexibility index (Phi) is 7.61. The maximum atomic E-state index is 14.0. The van der Waals surface area contributed by atoms with Crippen molar-refractivity contribution in [1.29, 1.82) is 0 Å². The van der Waals surface area contributed by atoms with Crippen molar-refractivity contribution in [2.45, 2.75) is 58.7 Å². The molecular weight excluding hydrogens is 525 g/mol. The molecule has 1 fully saturated rings. The molecule has 1 amide bonds. The zero-order chi connectivity index (χ0) is 29.5. The van der Waals surface area contributed by atoms with E-state index in [0.29, 0.717) is 30.3 Å². The van der Waals surface area contributed by atoms with Crippen LogP contribution in [0.5, 0.6) is 11.5 Å². The number of hydrogen-bond donors (Lipinski definition) is 2. The zero-order valence-electron chi connectivity index (χ0n) is 24.7. The predicted molar refractivity (Wildman–Crippen MR) is 158 cm³/mol. The molecule has 1 atom stereocenters. The number of ether oxygens (including phenoxy) is 4. The van der Waals surface area contributed by atoms with Gasteiger partial charge in [0.1, 0.15) is 35.6 Å². The van der Waals surface area contributed by atoms with Crippen LogP contribution in [0.25, 0.3) is 11.1 Å². The summed E-state index contributed by atoms with van der Waals surface area (Å²) in [7, 11) is 3.40. The van der Waals surface area contributed by atoms with Gasteiger partial charge in [-0.05, 0) is 70.0 Å². The lowest BCUT2D eigenvalue weighted by molar-refractivity contribution is -0.136.